The lowest BCUT2D eigenvalue weighted by atomic mass is 9.92. The number of ether oxygens (including phenoxy) is 1. The van der Waals surface area contributed by atoms with Crippen molar-refractivity contribution in [3.63, 3.8) is 0 Å². The van der Waals surface area contributed by atoms with Crippen LogP contribution in [0.15, 0.2) is 35.1 Å². The number of alkyl halides is 3. The molecule has 2 aromatic carbocycles. The van der Waals surface area contributed by atoms with Gasteiger partial charge in [-0.25, -0.2) is 4.39 Å². The molecule has 2 atom stereocenters. The summed E-state index contributed by atoms with van der Waals surface area (Å²) in [5.41, 5.74) is -3.83. The van der Waals surface area contributed by atoms with Gasteiger partial charge < -0.3 is 14.7 Å². The van der Waals surface area contributed by atoms with E-state index in [1.807, 2.05) is 13.8 Å². The Morgan fingerprint density at radius 1 is 1.22 bits per heavy atom. The van der Waals surface area contributed by atoms with Gasteiger partial charge in [0.2, 0.25) is 0 Å². The van der Waals surface area contributed by atoms with Crippen molar-refractivity contribution >= 4 is 21.7 Å². The normalized spacial score (nSPS) is 17.3. The van der Waals surface area contributed by atoms with Crippen LogP contribution in [0.25, 0.3) is 27.4 Å². The maximum absolute atomic E-state index is 14.9. The van der Waals surface area contributed by atoms with E-state index in [4.69, 9.17) is 13.9 Å². The number of unbranched alkanes of at least 4 members (excludes halogenated alkanes) is 2. The predicted molar refractivity (Wildman–Crippen MR) is 166 cm³/mol. The summed E-state index contributed by atoms with van der Waals surface area (Å²) >= 11 is 0. The highest BCUT2D eigenvalue weighted by Crippen LogP contribution is 2.39. The third kappa shape index (κ3) is 6.34. The van der Waals surface area contributed by atoms with Crippen molar-refractivity contribution in [2.45, 2.75) is 76.9 Å². The van der Waals surface area contributed by atoms with Crippen LogP contribution < -0.4 is 10.3 Å². The summed E-state index contributed by atoms with van der Waals surface area (Å²) in [5.74, 6) is 0.388. The monoisotopic (exact) mass is 626 g/mol. The van der Waals surface area contributed by atoms with Crippen molar-refractivity contribution in [2.75, 3.05) is 20.2 Å². The third-order valence-corrected chi connectivity index (χ3v) is 8.43. The molecule has 0 amide bonds. The molecular weight excluding hydrogens is 588 g/mol. The van der Waals surface area contributed by atoms with E-state index in [1.54, 1.807) is 11.9 Å². The minimum Gasteiger partial charge on any atom is -0.508 e. The zero-order valence-corrected chi connectivity index (χ0v) is 25.3. The van der Waals surface area contributed by atoms with Crippen LogP contribution in [-0.4, -0.2) is 50.7 Å². The first kappa shape index (κ1) is 29.5. The van der Waals surface area contributed by atoms with Crippen LogP contribution in [0.2, 0.25) is 0 Å². The number of nitrogens with zero attached hydrogens (tertiary/aromatic N) is 4. The summed E-state index contributed by atoms with van der Waals surface area (Å²) in [7, 11) is 1.76. The number of hydrogen-bond donors (Lipinski definition) is 1. The predicted octanol–water partition coefficient (Wildman–Crippen LogP) is 7.33. The maximum atomic E-state index is 14.9. The Hall–Kier alpha value is -4.17. The molecule has 3 heterocycles. The van der Waals surface area contributed by atoms with Gasteiger partial charge in [0, 0.05) is 28.8 Å². The lowest BCUT2D eigenvalue weighted by Gasteiger charge is -2.23. The molecule has 1 N–H and O–H groups in total. The van der Waals surface area contributed by atoms with E-state index in [9.17, 15) is 27.5 Å². The standard InChI is InChI=1S/C34H36F4N4O3/c1-5-8-9-11-20(6-2)30-25-18-28(34(36,37)38)42(27-17-23(43)16-21-13-14-26(35)24(7-3)29(21)27)32(44)31(25)40-33(39-30)45-19-22-12-10-15-41(22)4/h3,13-14,16-18,20,22,43H,5-6,8-12,15,19H2,1-2,4H3/t20?,22-/m0/s1/i19D2. The lowest BCUT2D eigenvalue weighted by Crippen LogP contribution is -2.31. The lowest BCUT2D eigenvalue weighted by molar-refractivity contribution is -0.142. The molecule has 1 aliphatic heterocycles. The van der Waals surface area contributed by atoms with E-state index >= 15 is 0 Å². The Morgan fingerprint density at radius 3 is 2.64 bits per heavy atom. The van der Waals surface area contributed by atoms with Crippen LogP contribution >= 0.6 is 0 Å². The zero-order valence-electron chi connectivity index (χ0n) is 27.3. The molecule has 5 rings (SSSR count). The fraction of sp³-hybridized carbons (Fsp3) is 0.441. The molecule has 238 valence electrons. The van der Waals surface area contributed by atoms with Gasteiger partial charge in [0.05, 0.1) is 19.7 Å². The van der Waals surface area contributed by atoms with Gasteiger partial charge in [-0.1, -0.05) is 45.1 Å². The highest BCUT2D eigenvalue weighted by molar-refractivity contribution is 5.97. The maximum Gasteiger partial charge on any atom is 0.431 e. The number of likely N-dealkylation sites (tertiary alicyclic amines) is 1. The van der Waals surface area contributed by atoms with Crippen molar-refractivity contribution in [1.82, 2.24) is 19.4 Å². The summed E-state index contributed by atoms with van der Waals surface area (Å²) in [4.78, 5) is 24.9. The van der Waals surface area contributed by atoms with E-state index < -0.39 is 64.7 Å². The van der Waals surface area contributed by atoms with Gasteiger partial charge >= 0.3 is 12.2 Å². The quantitative estimate of drug-likeness (QED) is 0.113. The number of benzene rings is 2. The van der Waals surface area contributed by atoms with E-state index in [2.05, 4.69) is 15.9 Å². The number of phenols is 1. The minimum atomic E-state index is -5.10. The zero-order chi connectivity index (χ0) is 34.3. The number of pyridine rings is 1. The number of phenolic OH excluding ortho intramolecular Hbond substituents is 1. The molecule has 45 heavy (non-hydrogen) atoms. The van der Waals surface area contributed by atoms with Gasteiger partial charge in [0.25, 0.3) is 5.56 Å². The smallest absolute Gasteiger partial charge is 0.431 e. The Labute approximate surface area is 261 Å². The summed E-state index contributed by atoms with van der Waals surface area (Å²) in [6, 6.07) is 4.04. The molecule has 1 aliphatic rings. The van der Waals surface area contributed by atoms with Gasteiger partial charge in [-0.3, -0.25) is 9.36 Å². The average molecular weight is 627 g/mol. The summed E-state index contributed by atoms with van der Waals surface area (Å²) < 4.78 is 83.1. The minimum absolute atomic E-state index is 0.109. The Balaban J connectivity index is 1.86. The van der Waals surface area contributed by atoms with Crippen molar-refractivity contribution in [2.24, 2.45) is 0 Å². The van der Waals surface area contributed by atoms with E-state index in [0.717, 1.165) is 43.9 Å². The summed E-state index contributed by atoms with van der Waals surface area (Å²) in [5, 5.41) is 10.3. The van der Waals surface area contributed by atoms with Crippen LogP contribution in [0.3, 0.4) is 0 Å². The van der Waals surface area contributed by atoms with E-state index in [1.165, 1.54) is 12.1 Å². The summed E-state index contributed by atoms with van der Waals surface area (Å²) in [6.45, 7) is 2.25. The molecule has 11 heteroatoms. The van der Waals surface area contributed by atoms with Crippen molar-refractivity contribution < 1.29 is 30.1 Å². The highest BCUT2D eigenvalue weighted by atomic mass is 19.4. The Morgan fingerprint density at radius 2 is 2.00 bits per heavy atom. The van der Waals surface area contributed by atoms with Gasteiger partial charge in [0.15, 0.2) is 0 Å². The van der Waals surface area contributed by atoms with Crippen LogP contribution in [0, 0.1) is 18.2 Å². The molecular formula is C34H36F4N4O3. The number of rotatable bonds is 10. The van der Waals surface area contributed by atoms with E-state index in [0.29, 0.717) is 30.4 Å². The SMILES string of the molecule is [2H]C([2H])(Oc1nc(C(CC)CCCCC)c2cc(C(F)(F)F)n(-c3cc(O)cc4ccc(F)c(C#C)c34)c(=O)c2n1)[C@@H]1CCCN1C. The molecule has 1 saturated heterocycles. The fourth-order valence-corrected chi connectivity index (χ4v) is 6.07. The van der Waals surface area contributed by atoms with Gasteiger partial charge in [-0.05, 0) is 62.9 Å². The molecule has 1 unspecified atom stereocenters. The highest BCUT2D eigenvalue weighted by Gasteiger charge is 2.38. The van der Waals surface area contributed by atoms with Crippen LogP contribution in [0.1, 0.15) is 84.4 Å². The van der Waals surface area contributed by atoms with Crippen molar-refractivity contribution in [3.8, 4) is 29.8 Å². The van der Waals surface area contributed by atoms with E-state index in [-0.39, 0.29) is 27.4 Å². The van der Waals surface area contributed by atoms with Crippen LogP contribution in [0.5, 0.6) is 11.8 Å². The number of likely N-dealkylation sites (N-methyl/N-ethyl adjacent to an activating group) is 1. The second-order valence-corrected chi connectivity index (χ2v) is 11.4. The third-order valence-electron chi connectivity index (χ3n) is 8.43. The van der Waals surface area contributed by atoms with Gasteiger partial charge in [-0.2, -0.15) is 23.1 Å². The fourth-order valence-electron chi connectivity index (χ4n) is 6.07. The number of terminal acetylenes is 1. The van der Waals surface area contributed by atoms with Gasteiger partial charge in [-0.15, -0.1) is 6.42 Å². The molecule has 0 aliphatic carbocycles. The molecule has 7 nitrogen and oxygen atoms in total. The second kappa shape index (κ2) is 13.1. The first-order valence-electron chi connectivity index (χ1n) is 16.1. The molecule has 2 aromatic heterocycles. The molecule has 0 radical (unpaired) electrons. The topological polar surface area (TPSA) is 80.5 Å². The molecule has 4 aromatic rings. The molecule has 1 fully saturated rings. The number of halogens is 4. The average Bonchev–Trinajstić information content (AvgIpc) is 3.45. The van der Waals surface area contributed by atoms with Crippen molar-refractivity contribution in [1.29, 1.82) is 0 Å². The first-order chi connectivity index (χ1) is 22.2. The Bertz CT molecular complexity index is 1920. The Kier molecular flexibility index (Phi) is 8.57. The number of aromatic nitrogens is 3. The second-order valence-electron chi connectivity index (χ2n) is 11.4. The van der Waals surface area contributed by atoms with Crippen LogP contribution in [0.4, 0.5) is 17.6 Å². The van der Waals surface area contributed by atoms with Crippen LogP contribution in [-0.2, 0) is 6.18 Å². The largest absolute Gasteiger partial charge is 0.508 e. The van der Waals surface area contributed by atoms with Crippen molar-refractivity contribution in [3.05, 3.63) is 63.5 Å². The van der Waals surface area contributed by atoms with Gasteiger partial charge in [0.1, 0.15) is 29.3 Å². The molecule has 0 spiro atoms. The first-order valence-corrected chi connectivity index (χ1v) is 15.1. The summed E-state index contributed by atoms with van der Waals surface area (Å²) in [6.07, 6.45) is 5.28. The number of hydrogen-bond acceptors (Lipinski definition) is 6. The number of fused-ring (bicyclic) bond motifs is 2. The molecule has 0 bridgehead atoms. The number of aromatic hydroxyl groups is 1. The molecule has 0 saturated carbocycles.